The maximum atomic E-state index is 13.6. The van der Waals surface area contributed by atoms with Crippen molar-refractivity contribution in [1.29, 1.82) is 0 Å². The molecule has 1 unspecified atom stereocenters. The molecular formula is C28H19N5O5. The third kappa shape index (κ3) is 3.23. The van der Waals surface area contributed by atoms with E-state index in [1.807, 2.05) is 42.5 Å². The van der Waals surface area contributed by atoms with Crippen molar-refractivity contribution >= 4 is 16.6 Å². The van der Waals surface area contributed by atoms with Crippen molar-refractivity contribution in [3.63, 3.8) is 0 Å². The predicted molar refractivity (Wildman–Crippen MR) is 137 cm³/mol. The van der Waals surface area contributed by atoms with Gasteiger partial charge in [-0.05, 0) is 30.3 Å². The second kappa shape index (κ2) is 8.41. The van der Waals surface area contributed by atoms with Gasteiger partial charge in [0.15, 0.2) is 11.4 Å². The van der Waals surface area contributed by atoms with E-state index in [2.05, 4.69) is 15.1 Å². The summed E-state index contributed by atoms with van der Waals surface area (Å²) in [5.41, 5.74) is 2.53. The number of pyridine rings is 1. The Hall–Kier alpha value is -5.25. The molecule has 0 bridgehead atoms. The average molecular weight is 505 g/mol. The first kappa shape index (κ1) is 22.0. The lowest BCUT2D eigenvalue weighted by atomic mass is 9.83. The molecule has 0 N–H and O–H groups in total. The van der Waals surface area contributed by atoms with Crippen molar-refractivity contribution < 1.29 is 18.6 Å². The fourth-order valence-electron chi connectivity index (χ4n) is 4.90. The Balaban J connectivity index is 1.57. The highest BCUT2D eigenvalue weighted by Crippen LogP contribution is 2.50. The number of hydrogen-bond acceptors (Lipinski definition) is 9. The van der Waals surface area contributed by atoms with Crippen molar-refractivity contribution in [1.82, 2.24) is 24.6 Å². The number of aromatic nitrogens is 5. The maximum absolute atomic E-state index is 13.6. The first-order valence-electron chi connectivity index (χ1n) is 11.8. The Morgan fingerprint density at radius 1 is 0.947 bits per heavy atom. The second-order valence-corrected chi connectivity index (χ2v) is 8.65. The average Bonchev–Trinajstić information content (AvgIpc) is 3.41. The third-order valence-electron chi connectivity index (χ3n) is 6.61. The molecule has 4 aromatic heterocycles. The minimum Gasteiger partial charge on any atom is -0.497 e. The Morgan fingerprint density at radius 3 is 2.63 bits per heavy atom. The highest BCUT2D eigenvalue weighted by Gasteiger charge is 2.39. The van der Waals surface area contributed by atoms with Crippen molar-refractivity contribution in [2.24, 2.45) is 0 Å². The third-order valence-corrected chi connectivity index (χ3v) is 6.61. The zero-order chi connectivity index (χ0) is 25.8. The van der Waals surface area contributed by atoms with E-state index in [0.717, 1.165) is 0 Å². The van der Waals surface area contributed by atoms with Crippen LogP contribution in [0.1, 0.15) is 22.6 Å². The topological polar surface area (TPSA) is 114 Å². The number of nitrogens with zero attached hydrogens (tertiary/aromatic N) is 5. The van der Waals surface area contributed by atoms with E-state index in [1.165, 1.54) is 6.33 Å². The molecule has 10 nitrogen and oxygen atoms in total. The second-order valence-electron chi connectivity index (χ2n) is 8.65. The Morgan fingerprint density at radius 2 is 1.82 bits per heavy atom. The molecule has 0 fully saturated rings. The van der Waals surface area contributed by atoms with Gasteiger partial charge in [-0.15, -0.1) is 5.10 Å². The van der Waals surface area contributed by atoms with Crippen molar-refractivity contribution in [3.05, 3.63) is 100 Å². The number of fused-ring (bicyclic) bond motifs is 6. The van der Waals surface area contributed by atoms with Gasteiger partial charge in [-0.3, -0.25) is 4.98 Å². The lowest BCUT2D eigenvalue weighted by molar-refractivity contribution is 0.387. The van der Waals surface area contributed by atoms with E-state index in [4.69, 9.17) is 23.6 Å². The zero-order valence-corrected chi connectivity index (χ0v) is 20.3. The Bertz CT molecular complexity index is 1920. The molecule has 38 heavy (non-hydrogen) atoms. The lowest BCUT2D eigenvalue weighted by Crippen LogP contribution is -2.22. The van der Waals surface area contributed by atoms with Crippen molar-refractivity contribution in [3.8, 4) is 34.6 Å². The molecule has 0 radical (unpaired) electrons. The fourth-order valence-corrected chi connectivity index (χ4v) is 4.90. The van der Waals surface area contributed by atoms with Gasteiger partial charge < -0.3 is 18.6 Å². The summed E-state index contributed by atoms with van der Waals surface area (Å²) in [6, 6.07) is 18.2. The largest absolute Gasteiger partial charge is 0.497 e. The quantitative estimate of drug-likeness (QED) is 0.317. The van der Waals surface area contributed by atoms with Crippen LogP contribution in [-0.4, -0.2) is 38.8 Å². The first-order chi connectivity index (χ1) is 18.7. The van der Waals surface area contributed by atoms with E-state index in [1.54, 1.807) is 43.1 Å². The monoisotopic (exact) mass is 505 g/mol. The molecule has 10 heteroatoms. The van der Waals surface area contributed by atoms with Crippen LogP contribution in [0.5, 0.6) is 23.1 Å². The van der Waals surface area contributed by atoms with Gasteiger partial charge in [-0.2, -0.15) is 0 Å². The van der Waals surface area contributed by atoms with Crippen LogP contribution in [-0.2, 0) is 0 Å². The zero-order valence-electron chi connectivity index (χ0n) is 20.3. The molecule has 0 spiro atoms. The van der Waals surface area contributed by atoms with Crippen LogP contribution in [0.25, 0.3) is 28.1 Å². The number of methoxy groups -OCH3 is 2. The van der Waals surface area contributed by atoms with Gasteiger partial charge in [0.25, 0.3) is 0 Å². The number of rotatable bonds is 4. The number of hydrogen-bond donors (Lipinski definition) is 0. The van der Waals surface area contributed by atoms with Crippen LogP contribution in [0.2, 0.25) is 0 Å². The molecule has 186 valence electrons. The number of benzene rings is 2. The van der Waals surface area contributed by atoms with E-state index in [0.29, 0.717) is 68.0 Å². The van der Waals surface area contributed by atoms with Crippen molar-refractivity contribution in [2.45, 2.75) is 5.92 Å². The highest BCUT2D eigenvalue weighted by molar-refractivity contribution is 5.87. The smallest absolute Gasteiger partial charge is 0.344 e. The summed E-state index contributed by atoms with van der Waals surface area (Å²) in [4.78, 5) is 27.3. The summed E-state index contributed by atoms with van der Waals surface area (Å²) in [6.07, 6.45) is 3.21. The van der Waals surface area contributed by atoms with Gasteiger partial charge in [-0.25, -0.2) is 19.3 Å². The summed E-state index contributed by atoms with van der Waals surface area (Å²) >= 11 is 0. The predicted octanol–water partition coefficient (Wildman–Crippen LogP) is 4.60. The molecule has 0 aliphatic carbocycles. The molecule has 1 aliphatic heterocycles. The van der Waals surface area contributed by atoms with Crippen LogP contribution in [0.3, 0.4) is 0 Å². The standard InChI is InChI=1S/C28H19N5O5/c1-35-15-10-11-16(20(13-15)36-2)21-22-24(17-7-3-4-9-19(17)37-28(22)34)38-27-23(21)26-31-25(32-33(26)14-30-27)18-8-5-6-12-29-18/h3-14,21H,1-2H3. The Labute approximate surface area is 215 Å². The molecule has 0 saturated carbocycles. The minimum absolute atomic E-state index is 0.309. The molecule has 0 saturated heterocycles. The molecule has 2 aromatic carbocycles. The SMILES string of the molecule is COc1ccc(C2c3c(c4ccccc4oc3=O)Oc3ncn4nc(-c5ccccn5)nc4c32)c(OC)c1. The molecule has 1 atom stereocenters. The summed E-state index contributed by atoms with van der Waals surface area (Å²) in [6.45, 7) is 0. The highest BCUT2D eigenvalue weighted by atomic mass is 16.5. The van der Waals surface area contributed by atoms with E-state index in [9.17, 15) is 4.79 Å². The van der Waals surface area contributed by atoms with Gasteiger partial charge in [0.05, 0.1) is 36.7 Å². The molecule has 5 heterocycles. The van der Waals surface area contributed by atoms with Crippen LogP contribution in [0.4, 0.5) is 0 Å². The molecule has 1 aliphatic rings. The molecule has 7 rings (SSSR count). The molecule has 0 amide bonds. The van der Waals surface area contributed by atoms with E-state index < -0.39 is 11.5 Å². The van der Waals surface area contributed by atoms with Crippen LogP contribution >= 0.6 is 0 Å². The van der Waals surface area contributed by atoms with Crippen LogP contribution in [0, 0.1) is 0 Å². The van der Waals surface area contributed by atoms with E-state index in [-0.39, 0.29) is 0 Å². The fraction of sp³-hybridized carbons (Fsp3) is 0.107. The molecular weight excluding hydrogens is 486 g/mol. The Kier molecular flexibility index (Phi) is 4.87. The molecule has 6 aromatic rings. The van der Waals surface area contributed by atoms with E-state index >= 15 is 0 Å². The minimum atomic E-state index is -0.688. The van der Waals surface area contributed by atoms with Gasteiger partial charge in [0, 0.05) is 17.8 Å². The summed E-state index contributed by atoms with van der Waals surface area (Å²) in [5.74, 6) is 1.55. The maximum Gasteiger partial charge on any atom is 0.344 e. The van der Waals surface area contributed by atoms with Gasteiger partial charge in [0.1, 0.15) is 29.1 Å². The summed E-state index contributed by atoms with van der Waals surface area (Å²) in [5, 5.41) is 5.24. The van der Waals surface area contributed by atoms with Gasteiger partial charge >= 0.3 is 5.63 Å². The number of ether oxygens (including phenoxy) is 3. The normalized spacial score (nSPS) is 14.1. The summed E-state index contributed by atoms with van der Waals surface area (Å²) in [7, 11) is 3.15. The lowest BCUT2D eigenvalue weighted by Gasteiger charge is -2.28. The van der Waals surface area contributed by atoms with Crippen LogP contribution in [0.15, 0.2) is 82.4 Å². The number of para-hydroxylation sites is 1. The van der Waals surface area contributed by atoms with Gasteiger partial charge in [-0.1, -0.05) is 24.3 Å². The van der Waals surface area contributed by atoms with Gasteiger partial charge in [0.2, 0.25) is 11.7 Å². The van der Waals surface area contributed by atoms with Crippen molar-refractivity contribution in [2.75, 3.05) is 14.2 Å². The van der Waals surface area contributed by atoms with Crippen LogP contribution < -0.4 is 19.8 Å². The first-order valence-corrected chi connectivity index (χ1v) is 11.8. The summed E-state index contributed by atoms with van der Waals surface area (Å²) < 4.78 is 24.8.